The van der Waals surface area contributed by atoms with Crippen molar-refractivity contribution >= 4 is 23.5 Å². The van der Waals surface area contributed by atoms with Gasteiger partial charge in [-0.05, 0) is 31.3 Å². The average Bonchev–Trinajstić information content (AvgIpc) is 2.89. The second-order valence-electron chi connectivity index (χ2n) is 6.26. The number of carbonyl (C=O) groups is 3. The zero-order valence-corrected chi connectivity index (χ0v) is 14.4. The minimum absolute atomic E-state index is 0.0130. The number of ether oxygens (including phenoxy) is 1. The molecule has 2 aliphatic heterocycles. The van der Waals surface area contributed by atoms with Gasteiger partial charge in [-0.3, -0.25) is 9.59 Å². The summed E-state index contributed by atoms with van der Waals surface area (Å²) < 4.78 is 5.08. The quantitative estimate of drug-likeness (QED) is 0.792. The van der Waals surface area contributed by atoms with Gasteiger partial charge in [0.2, 0.25) is 5.91 Å². The van der Waals surface area contributed by atoms with Crippen molar-refractivity contribution in [3.05, 3.63) is 24.3 Å². The molecule has 0 radical (unpaired) electrons. The van der Waals surface area contributed by atoms with Gasteiger partial charge in [-0.25, -0.2) is 9.69 Å². The topological polar surface area (TPSA) is 82.2 Å². The van der Waals surface area contributed by atoms with Gasteiger partial charge in [0.1, 0.15) is 11.8 Å². The molecule has 2 aliphatic rings. The Kier molecular flexibility index (Phi) is 4.89. The van der Waals surface area contributed by atoms with Gasteiger partial charge in [-0.15, -0.1) is 0 Å². The molecule has 0 spiro atoms. The van der Waals surface area contributed by atoms with E-state index >= 15 is 0 Å². The summed E-state index contributed by atoms with van der Waals surface area (Å²) in [5.74, 6) is 0.124. The van der Waals surface area contributed by atoms with E-state index < -0.39 is 18.0 Å². The fraction of sp³-hybridized carbons (Fsp3) is 0.471. The molecule has 2 heterocycles. The average molecular weight is 346 g/mol. The molecule has 1 aromatic carbocycles. The van der Waals surface area contributed by atoms with Crippen LogP contribution >= 0.6 is 0 Å². The molecule has 2 saturated heterocycles. The summed E-state index contributed by atoms with van der Waals surface area (Å²) in [7, 11) is 3.55. The summed E-state index contributed by atoms with van der Waals surface area (Å²) in [4.78, 5) is 42.1. The summed E-state index contributed by atoms with van der Waals surface area (Å²) >= 11 is 0. The Bertz CT molecular complexity index is 668. The van der Waals surface area contributed by atoms with Crippen LogP contribution in [0.15, 0.2) is 24.3 Å². The molecule has 25 heavy (non-hydrogen) atoms. The fourth-order valence-electron chi connectivity index (χ4n) is 3.00. The number of methoxy groups -OCH3 is 1. The number of hydrogen-bond acceptors (Lipinski definition) is 5. The normalized spacial score (nSPS) is 21.4. The molecule has 134 valence electrons. The van der Waals surface area contributed by atoms with Crippen LogP contribution in [-0.2, 0) is 9.59 Å². The number of benzene rings is 1. The van der Waals surface area contributed by atoms with E-state index in [-0.39, 0.29) is 12.3 Å². The number of likely N-dealkylation sites (N-methyl/N-ethyl adjacent to an activating group) is 1. The Hall–Kier alpha value is -2.61. The molecule has 3 rings (SSSR count). The Balaban J connectivity index is 1.65. The molecule has 0 aliphatic carbocycles. The molecule has 0 unspecified atom stereocenters. The predicted octanol–water partition coefficient (Wildman–Crippen LogP) is 0.284. The molecule has 2 fully saturated rings. The lowest BCUT2D eigenvalue weighted by Crippen LogP contribution is -2.48. The molecule has 1 N–H and O–H groups in total. The van der Waals surface area contributed by atoms with E-state index in [9.17, 15) is 14.4 Å². The van der Waals surface area contributed by atoms with E-state index in [1.54, 1.807) is 36.3 Å². The van der Waals surface area contributed by atoms with Gasteiger partial charge < -0.3 is 19.9 Å². The van der Waals surface area contributed by atoms with E-state index in [1.165, 1.54) is 0 Å². The largest absolute Gasteiger partial charge is 0.497 e. The minimum Gasteiger partial charge on any atom is -0.497 e. The van der Waals surface area contributed by atoms with Gasteiger partial charge >= 0.3 is 6.03 Å². The molecule has 1 atom stereocenters. The molecule has 8 nitrogen and oxygen atoms in total. The first-order valence-electron chi connectivity index (χ1n) is 8.24. The number of carbonyl (C=O) groups excluding carboxylic acids is 3. The van der Waals surface area contributed by atoms with Crippen molar-refractivity contribution in [2.75, 3.05) is 45.2 Å². The third kappa shape index (κ3) is 3.58. The van der Waals surface area contributed by atoms with E-state index in [4.69, 9.17) is 4.74 Å². The van der Waals surface area contributed by atoms with Gasteiger partial charge in [-0.2, -0.15) is 0 Å². The van der Waals surface area contributed by atoms with Gasteiger partial charge in [-0.1, -0.05) is 0 Å². The van der Waals surface area contributed by atoms with Crippen LogP contribution in [0.25, 0.3) is 0 Å². The molecule has 4 amide bonds. The SMILES string of the molecule is COc1ccc(N2C(=O)N[C@H](CC(=O)N3CCN(C)CC3)C2=O)cc1. The summed E-state index contributed by atoms with van der Waals surface area (Å²) in [6.07, 6.45) is -0.0130. The Morgan fingerprint density at radius 2 is 1.80 bits per heavy atom. The van der Waals surface area contributed by atoms with E-state index in [0.29, 0.717) is 24.5 Å². The molecular weight excluding hydrogens is 324 g/mol. The van der Waals surface area contributed by atoms with Crippen LogP contribution in [0, 0.1) is 0 Å². The number of anilines is 1. The molecule has 8 heteroatoms. The van der Waals surface area contributed by atoms with Crippen molar-refractivity contribution in [3.63, 3.8) is 0 Å². The van der Waals surface area contributed by atoms with Crippen LogP contribution in [0.3, 0.4) is 0 Å². The smallest absolute Gasteiger partial charge is 0.329 e. The van der Waals surface area contributed by atoms with Crippen LogP contribution < -0.4 is 15.0 Å². The number of nitrogens with zero attached hydrogens (tertiary/aromatic N) is 3. The zero-order valence-electron chi connectivity index (χ0n) is 14.4. The lowest BCUT2D eigenvalue weighted by molar-refractivity contribution is -0.135. The molecule has 1 aromatic rings. The van der Waals surface area contributed by atoms with Crippen LogP contribution in [0.1, 0.15) is 6.42 Å². The van der Waals surface area contributed by atoms with Gasteiger partial charge in [0, 0.05) is 26.2 Å². The summed E-state index contributed by atoms with van der Waals surface area (Å²) in [6.45, 7) is 2.92. The number of rotatable bonds is 4. The van der Waals surface area contributed by atoms with Crippen LogP contribution in [0.4, 0.5) is 10.5 Å². The number of urea groups is 1. The molecule has 0 saturated carbocycles. The van der Waals surface area contributed by atoms with Crippen molar-refractivity contribution in [1.82, 2.24) is 15.1 Å². The van der Waals surface area contributed by atoms with Crippen LogP contribution in [0.2, 0.25) is 0 Å². The van der Waals surface area contributed by atoms with Crippen molar-refractivity contribution in [2.24, 2.45) is 0 Å². The zero-order chi connectivity index (χ0) is 18.0. The van der Waals surface area contributed by atoms with E-state index in [1.807, 2.05) is 7.05 Å². The third-order valence-electron chi connectivity index (χ3n) is 4.58. The highest BCUT2D eigenvalue weighted by atomic mass is 16.5. The number of imide groups is 1. The molecule has 0 aromatic heterocycles. The Morgan fingerprint density at radius 3 is 2.40 bits per heavy atom. The molecular formula is C17H22N4O4. The monoisotopic (exact) mass is 346 g/mol. The van der Waals surface area contributed by atoms with Crippen molar-refractivity contribution in [3.8, 4) is 5.75 Å². The summed E-state index contributed by atoms with van der Waals surface area (Å²) in [5.41, 5.74) is 0.456. The molecule has 0 bridgehead atoms. The predicted molar refractivity (Wildman–Crippen MR) is 91.5 cm³/mol. The summed E-state index contributed by atoms with van der Waals surface area (Å²) in [6, 6.07) is 5.31. The van der Waals surface area contributed by atoms with Crippen molar-refractivity contribution < 1.29 is 19.1 Å². The third-order valence-corrected chi connectivity index (χ3v) is 4.58. The van der Waals surface area contributed by atoms with Crippen molar-refractivity contribution in [2.45, 2.75) is 12.5 Å². The lowest BCUT2D eigenvalue weighted by atomic mass is 10.1. The number of amides is 4. The highest BCUT2D eigenvalue weighted by Crippen LogP contribution is 2.23. The standard InChI is InChI=1S/C17H22N4O4/c1-19-7-9-20(10-8-19)15(22)11-14-16(23)21(17(24)18-14)12-3-5-13(25-2)6-4-12/h3-6,14H,7-11H2,1-2H3,(H,18,24)/t14-/m1/s1. The minimum atomic E-state index is -0.818. The summed E-state index contributed by atoms with van der Waals surface area (Å²) in [5, 5.41) is 2.61. The maximum atomic E-state index is 12.6. The number of hydrogen-bond donors (Lipinski definition) is 1. The first kappa shape index (κ1) is 17.2. The maximum absolute atomic E-state index is 12.6. The lowest BCUT2D eigenvalue weighted by Gasteiger charge is -2.32. The first-order valence-corrected chi connectivity index (χ1v) is 8.24. The maximum Gasteiger partial charge on any atom is 0.329 e. The second-order valence-corrected chi connectivity index (χ2v) is 6.26. The van der Waals surface area contributed by atoms with Crippen LogP contribution in [-0.4, -0.2) is 74.0 Å². The second kappa shape index (κ2) is 7.10. The van der Waals surface area contributed by atoms with E-state index in [2.05, 4.69) is 10.2 Å². The number of nitrogens with one attached hydrogen (secondary N) is 1. The Morgan fingerprint density at radius 1 is 1.16 bits per heavy atom. The number of piperazine rings is 1. The fourth-order valence-corrected chi connectivity index (χ4v) is 3.00. The Labute approximate surface area is 146 Å². The van der Waals surface area contributed by atoms with Gasteiger partial charge in [0.25, 0.3) is 5.91 Å². The van der Waals surface area contributed by atoms with Gasteiger partial charge in [0.15, 0.2) is 0 Å². The first-order chi connectivity index (χ1) is 12.0. The highest BCUT2D eigenvalue weighted by Gasteiger charge is 2.40. The van der Waals surface area contributed by atoms with E-state index in [0.717, 1.165) is 18.0 Å². The van der Waals surface area contributed by atoms with Crippen molar-refractivity contribution in [1.29, 1.82) is 0 Å². The van der Waals surface area contributed by atoms with Crippen LogP contribution in [0.5, 0.6) is 5.75 Å². The highest BCUT2D eigenvalue weighted by molar-refractivity contribution is 6.22. The van der Waals surface area contributed by atoms with Gasteiger partial charge in [0.05, 0.1) is 19.2 Å².